The van der Waals surface area contributed by atoms with Gasteiger partial charge in [0.15, 0.2) is 0 Å². The zero-order valence-corrected chi connectivity index (χ0v) is 11.8. The van der Waals surface area contributed by atoms with Crippen LogP contribution in [0.25, 0.3) is 0 Å². The van der Waals surface area contributed by atoms with Crippen molar-refractivity contribution in [1.82, 2.24) is 16.2 Å². The predicted molar refractivity (Wildman–Crippen MR) is 71.1 cm³/mol. The van der Waals surface area contributed by atoms with Crippen molar-refractivity contribution in [2.75, 3.05) is 13.2 Å². The smallest absolute Gasteiger partial charge is 0.333 e. The molecule has 0 heterocycles. The average Bonchev–Trinajstić information content (AvgIpc) is 2.37. The van der Waals surface area contributed by atoms with Gasteiger partial charge in [0.1, 0.15) is 0 Å². The van der Waals surface area contributed by atoms with Gasteiger partial charge >= 0.3 is 6.36 Å². The minimum atomic E-state index is -4.64. The Morgan fingerprint density at radius 3 is 2.38 bits per heavy atom. The molecule has 8 heteroatoms. The normalized spacial score (nSPS) is 12.2. The van der Waals surface area contributed by atoms with Crippen LogP contribution in [0.4, 0.5) is 13.2 Å². The lowest BCUT2D eigenvalue weighted by atomic mass is 10.2. The van der Waals surface area contributed by atoms with Crippen molar-refractivity contribution in [2.45, 2.75) is 25.9 Å². The number of benzene rings is 1. The molecule has 1 amide bonds. The van der Waals surface area contributed by atoms with Crippen LogP contribution in [-0.2, 0) is 4.74 Å². The van der Waals surface area contributed by atoms with Crippen molar-refractivity contribution >= 4 is 5.91 Å². The molecule has 0 atom stereocenters. The van der Waals surface area contributed by atoms with Gasteiger partial charge in [-0.3, -0.25) is 15.0 Å². The first kappa shape index (κ1) is 17.4. The zero-order valence-electron chi connectivity index (χ0n) is 11.8. The van der Waals surface area contributed by atoms with E-state index < -0.39 is 18.6 Å². The summed E-state index contributed by atoms with van der Waals surface area (Å²) in [4.78, 5) is 11.9. The summed E-state index contributed by atoms with van der Waals surface area (Å²) >= 11 is 0. The van der Waals surface area contributed by atoms with E-state index in [1.165, 1.54) is 0 Å². The number of alkyl halides is 3. The summed E-state index contributed by atoms with van der Waals surface area (Å²) in [7, 11) is 0. The fraction of sp³-hybridized carbons (Fsp3) is 0.462. The van der Waals surface area contributed by atoms with Crippen molar-refractivity contribution in [3.63, 3.8) is 0 Å². The lowest BCUT2D eigenvalue weighted by molar-refractivity contribution is -0.323. The second kappa shape index (κ2) is 7.39. The maximum Gasteiger partial charge on any atom is 0.522 e. The van der Waals surface area contributed by atoms with Crippen LogP contribution < -0.4 is 16.2 Å². The van der Waals surface area contributed by atoms with Gasteiger partial charge in [-0.25, -0.2) is 5.43 Å². The minimum absolute atomic E-state index is 0.0653. The molecule has 5 nitrogen and oxygen atoms in total. The van der Waals surface area contributed by atoms with Gasteiger partial charge in [0.2, 0.25) is 0 Å². The highest BCUT2D eigenvalue weighted by molar-refractivity contribution is 5.94. The van der Waals surface area contributed by atoms with E-state index in [4.69, 9.17) is 0 Å². The van der Waals surface area contributed by atoms with E-state index in [1.54, 1.807) is 44.2 Å². The van der Waals surface area contributed by atoms with Gasteiger partial charge in [0.25, 0.3) is 5.91 Å². The topological polar surface area (TPSA) is 62.4 Å². The summed E-state index contributed by atoms with van der Waals surface area (Å²) in [5.41, 5.74) is 4.93. The number of carbonyl (C=O) groups is 1. The molecule has 21 heavy (non-hydrogen) atoms. The largest absolute Gasteiger partial charge is 0.522 e. The first-order valence-electron chi connectivity index (χ1n) is 6.28. The number of hydrogen-bond acceptors (Lipinski definition) is 4. The molecule has 0 spiro atoms. The lowest BCUT2D eigenvalue weighted by Gasteiger charge is -2.28. The zero-order chi connectivity index (χ0) is 15.9. The minimum Gasteiger partial charge on any atom is -0.333 e. The summed E-state index contributed by atoms with van der Waals surface area (Å²) in [6.45, 7) is 2.75. The SMILES string of the molecule is CC(C)(NNCCOC(F)(F)F)NC(=O)c1ccccc1. The first-order valence-corrected chi connectivity index (χ1v) is 6.28. The third kappa shape index (κ3) is 7.64. The molecule has 0 radical (unpaired) electrons. The highest BCUT2D eigenvalue weighted by atomic mass is 19.4. The summed E-state index contributed by atoms with van der Waals surface area (Å²) in [5.74, 6) is -0.290. The molecule has 3 N–H and O–H groups in total. The van der Waals surface area contributed by atoms with Crippen LogP contribution in [0.3, 0.4) is 0 Å². The maximum atomic E-state index is 11.9. The van der Waals surface area contributed by atoms with E-state index in [2.05, 4.69) is 20.9 Å². The number of rotatable bonds is 7. The van der Waals surface area contributed by atoms with Crippen LogP contribution in [0.5, 0.6) is 0 Å². The van der Waals surface area contributed by atoms with E-state index in [9.17, 15) is 18.0 Å². The van der Waals surface area contributed by atoms with Crippen molar-refractivity contribution in [2.24, 2.45) is 0 Å². The van der Waals surface area contributed by atoms with Gasteiger partial charge in [-0.1, -0.05) is 18.2 Å². The van der Waals surface area contributed by atoms with E-state index in [0.717, 1.165) is 0 Å². The van der Waals surface area contributed by atoms with Crippen LogP contribution in [0.1, 0.15) is 24.2 Å². The number of nitrogens with one attached hydrogen (secondary N) is 3. The van der Waals surface area contributed by atoms with E-state index in [1.807, 2.05) is 0 Å². The van der Waals surface area contributed by atoms with Crippen LogP contribution in [0.15, 0.2) is 30.3 Å². The number of hydrazine groups is 1. The molecule has 0 bridgehead atoms. The summed E-state index contributed by atoms with van der Waals surface area (Å²) < 4.78 is 38.9. The highest BCUT2D eigenvalue weighted by Gasteiger charge is 2.28. The first-order chi connectivity index (χ1) is 9.70. The molecule has 0 aliphatic heterocycles. The molecule has 0 saturated heterocycles. The number of hydrogen-bond donors (Lipinski definition) is 3. The second-order valence-corrected chi connectivity index (χ2v) is 4.79. The molecule has 0 aliphatic carbocycles. The number of ether oxygens (including phenoxy) is 1. The monoisotopic (exact) mass is 305 g/mol. The van der Waals surface area contributed by atoms with Crippen molar-refractivity contribution in [3.8, 4) is 0 Å². The highest BCUT2D eigenvalue weighted by Crippen LogP contribution is 2.15. The molecule has 0 aliphatic rings. The Bertz CT molecular complexity index is 450. The van der Waals surface area contributed by atoms with Crippen molar-refractivity contribution < 1.29 is 22.7 Å². The Hall–Kier alpha value is -1.64. The van der Waals surface area contributed by atoms with E-state index in [-0.39, 0.29) is 12.5 Å². The molecular weight excluding hydrogens is 287 g/mol. The standard InChI is InChI=1S/C13H18F3N3O2/c1-12(2,19-17-8-9-21-13(14,15)16)18-11(20)10-6-4-3-5-7-10/h3-7,17,19H,8-9H2,1-2H3,(H,18,20). The fourth-order valence-corrected chi connectivity index (χ4v) is 1.48. The van der Waals surface area contributed by atoms with Gasteiger partial charge < -0.3 is 5.32 Å². The Morgan fingerprint density at radius 1 is 1.19 bits per heavy atom. The molecule has 0 fully saturated rings. The number of halogens is 3. The number of carbonyl (C=O) groups excluding carboxylic acids is 1. The quantitative estimate of drug-likeness (QED) is 0.408. The summed E-state index contributed by atoms with van der Waals surface area (Å²) in [6, 6.07) is 8.60. The Balaban J connectivity index is 2.32. The Kier molecular flexibility index (Phi) is 6.13. The Labute approximate surface area is 120 Å². The maximum absolute atomic E-state index is 11.9. The molecule has 1 rings (SSSR count). The Morgan fingerprint density at radius 2 is 1.81 bits per heavy atom. The summed E-state index contributed by atoms with van der Waals surface area (Å²) in [5, 5.41) is 2.70. The molecule has 118 valence electrons. The fourth-order valence-electron chi connectivity index (χ4n) is 1.48. The lowest BCUT2D eigenvalue weighted by Crippen LogP contribution is -2.59. The van der Waals surface area contributed by atoms with Gasteiger partial charge in [0.05, 0.1) is 12.3 Å². The van der Waals surface area contributed by atoms with Crippen LogP contribution in [0, 0.1) is 0 Å². The average molecular weight is 305 g/mol. The third-order valence-electron chi connectivity index (χ3n) is 2.36. The van der Waals surface area contributed by atoms with Gasteiger partial charge in [-0.15, -0.1) is 13.2 Å². The third-order valence-corrected chi connectivity index (χ3v) is 2.36. The van der Waals surface area contributed by atoms with Crippen LogP contribution >= 0.6 is 0 Å². The van der Waals surface area contributed by atoms with Crippen LogP contribution in [-0.4, -0.2) is 31.1 Å². The van der Waals surface area contributed by atoms with Crippen molar-refractivity contribution in [3.05, 3.63) is 35.9 Å². The van der Waals surface area contributed by atoms with Gasteiger partial charge in [-0.2, -0.15) is 0 Å². The van der Waals surface area contributed by atoms with E-state index >= 15 is 0 Å². The molecule has 1 aromatic rings. The summed E-state index contributed by atoms with van der Waals surface area (Å²) in [6.07, 6.45) is -4.64. The molecule has 1 aromatic carbocycles. The second-order valence-electron chi connectivity index (χ2n) is 4.79. The van der Waals surface area contributed by atoms with Crippen LogP contribution in [0.2, 0.25) is 0 Å². The molecule has 0 aromatic heterocycles. The van der Waals surface area contributed by atoms with E-state index in [0.29, 0.717) is 5.56 Å². The molecule has 0 saturated carbocycles. The molecular formula is C13H18F3N3O2. The number of amides is 1. The molecule has 0 unspecified atom stereocenters. The van der Waals surface area contributed by atoms with Crippen molar-refractivity contribution in [1.29, 1.82) is 0 Å². The van der Waals surface area contributed by atoms with Gasteiger partial charge in [-0.05, 0) is 26.0 Å². The predicted octanol–water partition coefficient (Wildman–Crippen LogP) is 1.78. The van der Waals surface area contributed by atoms with Gasteiger partial charge in [0, 0.05) is 12.1 Å².